The first-order chi connectivity index (χ1) is 18.4. The lowest BCUT2D eigenvalue weighted by Crippen LogP contribution is -2.07. The molecule has 0 unspecified atom stereocenters. The molecule has 38 heavy (non-hydrogen) atoms. The maximum Gasteiger partial charge on any atom is 0.345 e. The zero-order chi connectivity index (χ0) is 26.6. The van der Waals surface area contributed by atoms with Crippen LogP contribution in [0.4, 0.5) is 0 Å². The van der Waals surface area contributed by atoms with Crippen LogP contribution in [0.5, 0.6) is 5.75 Å². The van der Waals surface area contributed by atoms with Crippen LogP contribution in [0.1, 0.15) is 26.4 Å². The van der Waals surface area contributed by atoms with Crippen molar-refractivity contribution in [3.8, 4) is 27.3 Å². The molecule has 2 aromatic heterocycles. The molecule has 192 valence electrons. The minimum absolute atomic E-state index is 0.0504. The number of thiophene rings is 1. The summed E-state index contributed by atoms with van der Waals surface area (Å²) in [7, 11) is 1.34. The number of furan rings is 1. The quantitative estimate of drug-likeness (QED) is 0.217. The van der Waals surface area contributed by atoms with E-state index in [4.69, 9.17) is 19.6 Å². The van der Waals surface area contributed by atoms with E-state index in [1.807, 2.05) is 60.7 Å². The van der Waals surface area contributed by atoms with Crippen molar-refractivity contribution in [3.63, 3.8) is 0 Å². The van der Waals surface area contributed by atoms with Crippen molar-refractivity contribution < 1.29 is 28.6 Å². The molecule has 0 radical (unpaired) electrons. The highest BCUT2D eigenvalue weighted by molar-refractivity contribution is 7.17. The number of benzene rings is 3. The van der Waals surface area contributed by atoms with Gasteiger partial charge < -0.3 is 24.7 Å². The Balaban J connectivity index is 1.49. The maximum atomic E-state index is 12.1. The van der Waals surface area contributed by atoms with Crippen molar-refractivity contribution in [2.45, 2.75) is 19.6 Å². The number of methoxy groups -OCH3 is 1. The average molecular weight is 528 g/mol. The van der Waals surface area contributed by atoms with Gasteiger partial charge in [0.2, 0.25) is 0 Å². The number of carbonyl (C=O) groups excluding carboxylic acids is 1. The van der Waals surface area contributed by atoms with Crippen LogP contribution < -0.4 is 10.5 Å². The van der Waals surface area contributed by atoms with E-state index >= 15 is 0 Å². The second kappa shape index (κ2) is 10.9. The molecule has 2 heterocycles. The van der Waals surface area contributed by atoms with E-state index in [2.05, 4.69) is 0 Å². The van der Waals surface area contributed by atoms with Gasteiger partial charge in [-0.05, 0) is 64.7 Å². The van der Waals surface area contributed by atoms with Gasteiger partial charge in [-0.3, -0.25) is 4.79 Å². The molecule has 5 rings (SSSR count). The number of hydrogen-bond acceptors (Lipinski definition) is 7. The fourth-order valence-corrected chi connectivity index (χ4v) is 5.13. The summed E-state index contributed by atoms with van der Waals surface area (Å²) < 4.78 is 16.9. The average Bonchev–Trinajstić information content (AvgIpc) is 3.62. The highest BCUT2D eigenvalue weighted by atomic mass is 32.1. The second-order valence-corrected chi connectivity index (χ2v) is 9.80. The third-order valence-corrected chi connectivity index (χ3v) is 7.33. The van der Waals surface area contributed by atoms with Gasteiger partial charge >= 0.3 is 11.9 Å². The van der Waals surface area contributed by atoms with Gasteiger partial charge in [-0.15, -0.1) is 11.3 Å². The Morgan fingerprint density at radius 3 is 2.61 bits per heavy atom. The number of aromatic carboxylic acids is 1. The molecule has 0 amide bonds. The number of fused-ring (bicyclic) bond motifs is 1. The summed E-state index contributed by atoms with van der Waals surface area (Å²) in [4.78, 5) is 24.4. The molecule has 0 saturated heterocycles. The van der Waals surface area contributed by atoms with Gasteiger partial charge in [-0.2, -0.15) is 0 Å². The van der Waals surface area contributed by atoms with Gasteiger partial charge in [0.05, 0.1) is 19.8 Å². The van der Waals surface area contributed by atoms with E-state index in [-0.39, 0.29) is 23.9 Å². The second-order valence-electron chi connectivity index (χ2n) is 8.72. The lowest BCUT2D eigenvalue weighted by atomic mass is 9.99. The predicted molar refractivity (Wildman–Crippen MR) is 146 cm³/mol. The number of carboxylic acid groups (broad SMARTS) is 1. The van der Waals surface area contributed by atoms with Crippen molar-refractivity contribution in [2.24, 2.45) is 5.73 Å². The highest BCUT2D eigenvalue weighted by Crippen LogP contribution is 2.35. The zero-order valence-electron chi connectivity index (χ0n) is 20.6. The molecule has 0 aliphatic rings. The number of carboxylic acids is 1. The van der Waals surface area contributed by atoms with Gasteiger partial charge in [0, 0.05) is 27.9 Å². The maximum absolute atomic E-state index is 12.1. The Morgan fingerprint density at radius 1 is 0.974 bits per heavy atom. The minimum Gasteiger partial charge on any atom is -0.489 e. The molecule has 0 aliphatic heterocycles. The Morgan fingerprint density at radius 2 is 1.84 bits per heavy atom. The van der Waals surface area contributed by atoms with Crippen molar-refractivity contribution in [1.29, 1.82) is 0 Å². The minimum atomic E-state index is -0.970. The van der Waals surface area contributed by atoms with Crippen molar-refractivity contribution in [2.75, 3.05) is 7.11 Å². The number of nitrogens with two attached hydrogens (primary N) is 1. The third-order valence-electron chi connectivity index (χ3n) is 6.21. The topological polar surface area (TPSA) is 112 Å². The summed E-state index contributed by atoms with van der Waals surface area (Å²) in [5, 5.41) is 10.2. The van der Waals surface area contributed by atoms with Crippen LogP contribution in [0.15, 0.2) is 83.5 Å². The van der Waals surface area contributed by atoms with Crippen LogP contribution in [0.25, 0.3) is 32.5 Å². The number of rotatable bonds is 9. The van der Waals surface area contributed by atoms with Crippen molar-refractivity contribution >= 4 is 34.2 Å². The number of carbonyl (C=O) groups is 2. The molecule has 0 spiro atoms. The Kier molecular flexibility index (Phi) is 7.26. The standard InChI is InChI=1S/C30H25NO6S/c1-35-28(32)15-21-5-6-22(26-7-8-27(38-26)30(33)34)14-25(21)37-17-19-12-23-9-10-36-29(23)24(13-19)20-4-2-3-18(11-20)16-31/h2-14H,15-17,31H2,1H3,(H,33,34). The molecule has 0 atom stereocenters. The van der Waals surface area contributed by atoms with Crippen LogP contribution in [0.3, 0.4) is 0 Å². The van der Waals surface area contributed by atoms with Gasteiger partial charge in [0.25, 0.3) is 0 Å². The van der Waals surface area contributed by atoms with Crippen LogP contribution in [0.2, 0.25) is 0 Å². The van der Waals surface area contributed by atoms with Crippen LogP contribution >= 0.6 is 11.3 Å². The van der Waals surface area contributed by atoms with Gasteiger partial charge in [0.1, 0.15) is 22.8 Å². The molecule has 8 heteroatoms. The van der Waals surface area contributed by atoms with E-state index < -0.39 is 5.97 Å². The molecule has 0 fully saturated rings. The molecule has 0 saturated carbocycles. The summed E-state index contributed by atoms with van der Waals surface area (Å²) in [6.45, 7) is 0.683. The summed E-state index contributed by atoms with van der Waals surface area (Å²) in [6, 6.07) is 22.8. The molecule has 0 bridgehead atoms. The van der Waals surface area contributed by atoms with Crippen LogP contribution in [-0.4, -0.2) is 24.2 Å². The first-order valence-electron chi connectivity index (χ1n) is 11.9. The van der Waals surface area contributed by atoms with E-state index in [0.29, 0.717) is 17.9 Å². The summed E-state index contributed by atoms with van der Waals surface area (Å²) in [6.07, 6.45) is 1.71. The number of esters is 1. The molecule has 3 N–H and O–H groups in total. The molecule has 7 nitrogen and oxygen atoms in total. The Hall–Kier alpha value is -4.40. The molecule has 5 aromatic rings. The highest BCUT2D eigenvalue weighted by Gasteiger charge is 2.15. The lowest BCUT2D eigenvalue weighted by molar-refractivity contribution is -0.139. The van der Waals surface area contributed by atoms with Crippen LogP contribution in [-0.2, 0) is 29.1 Å². The van der Waals surface area contributed by atoms with E-state index in [1.54, 1.807) is 18.4 Å². The van der Waals surface area contributed by atoms with Gasteiger partial charge in [-0.25, -0.2) is 4.79 Å². The fourth-order valence-electron chi connectivity index (χ4n) is 4.29. The summed E-state index contributed by atoms with van der Waals surface area (Å²) in [5.41, 5.74) is 12.0. The third kappa shape index (κ3) is 5.32. The Labute approximate surface area is 223 Å². The van der Waals surface area contributed by atoms with E-state index in [1.165, 1.54) is 18.4 Å². The number of hydrogen-bond donors (Lipinski definition) is 2. The van der Waals surface area contributed by atoms with Crippen molar-refractivity contribution in [3.05, 3.63) is 101 Å². The number of ether oxygens (including phenoxy) is 2. The zero-order valence-corrected chi connectivity index (χ0v) is 21.4. The van der Waals surface area contributed by atoms with Gasteiger partial charge in [0.15, 0.2) is 0 Å². The molecule has 0 aliphatic carbocycles. The molecular formula is C30H25NO6S. The normalized spacial score (nSPS) is 11.0. The monoisotopic (exact) mass is 527 g/mol. The molecule has 3 aromatic carbocycles. The largest absolute Gasteiger partial charge is 0.489 e. The van der Waals surface area contributed by atoms with Crippen LogP contribution in [0, 0.1) is 0 Å². The van der Waals surface area contributed by atoms with Crippen molar-refractivity contribution in [1.82, 2.24) is 0 Å². The summed E-state index contributed by atoms with van der Waals surface area (Å²) >= 11 is 1.18. The van der Waals surface area contributed by atoms with E-state index in [9.17, 15) is 14.7 Å². The predicted octanol–water partition coefficient (Wildman–Crippen LogP) is 6.28. The summed E-state index contributed by atoms with van der Waals surface area (Å²) in [5.74, 6) is -0.826. The smallest absolute Gasteiger partial charge is 0.345 e. The first kappa shape index (κ1) is 25.3. The molecular weight excluding hydrogens is 502 g/mol. The first-order valence-corrected chi connectivity index (χ1v) is 12.7. The van der Waals surface area contributed by atoms with E-state index in [0.717, 1.165) is 43.7 Å². The Bertz CT molecular complexity index is 1630. The van der Waals surface area contributed by atoms with Gasteiger partial charge in [-0.1, -0.05) is 30.3 Å². The SMILES string of the molecule is COC(=O)Cc1ccc(-c2ccc(C(=O)O)s2)cc1OCc1cc(-c2cccc(CN)c2)c2occc2c1. The fraction of sp³-hybridized carbons (Fsp3) is 0.133. The lowest BCUT2D eigenvalue weighted by Gasteiger charge is -2.14.